The molecule has 104 valence electrons. The molecule has 0 aliphatic heterocycles. The van der Waals surface area contributed by atoms with Crippen molar-refractivity contribution in [3.8, 4) is 23.0 Å². The van der Waals surface area contributed by atoms with Crippen molar-refractivity contribution < 1.29 is 25.2 Å². The average Bonchev–Trinajstić information content (AvgIpc) is 2.37. The van der Waals surface area contributed by atoms with Crippen LogP contribution in [0.2, 0.25) is 0 Å². The quantitative estimate of drug-likeness (QED) is 0.432. The SMILES string of the molecule is O=C(Cc1ccc(O)cc1O)Nc1cc(O)ccc1O. The second-order valence-corrected chi connectivity index (χ2v) is 4.24. The molecular formula is C14H13NO5. The van der Waals surface area contributed by atoms with Gasteiger partial charge >= 0.3 is 0 Å². The zero-order valence-corrected chi connectivity index (χ0v) is 10.4. The number of hydrogen-bond donors (Lipinski definition) is 5. The predicted octanol–water partition coefficient (Wildman–Crippen LogP) is 1.69. The number of rotatable bonds is 3. The molecule has 6 heteroatoms. The zero-order chi connectivity index (χ0) is 14.7. The molecule has 0 aromatic heterocycles. The van der Waals surface area contributed by atoms with E-state index in [0.29, 0.717) is 5.56 Å². The van der Waals surface area contributed by atoms with Gasteiger partial charge in [0.15, 0.2) is 0 Å². The average molecular weight is 275 g/mol. The molecule has 0 saturated heterocycles. The van der Waals surface area contributed by atoms with Crippen molar-refractivity contribution in [2.45, 2.75) is 6.42 Å². The number of phenols is 4. The summed E-state index contributed by atoms with van der Waals surface area (Å²) in [5.41, 5.74) is 0.410. The number of anilines is 1. The minimum absolute atomic E-state index is 0.0771. The molecule has 1 amide bonds. The normalized spacial score (nSPS) is 10.2. The molecule has 0 unspecified atom stereocenters. The lowest BCUT2D eigenvalue weighted by Crippen LogP contribution is -2.14. The van der Waals surface area contributed by atoms with Crippen molar-refractivity contribution in [2.24, 2.45) is 0 Å². The summed E-state index contributed by atoms with van der Waals surface area (Å²) in [5, 5.41) is 40.0. The summed E-state index contributed by atoms with van der Waals surface area (Å²) in [4.78, 5) is 11.8. The Kier molecular flexibility index (Phi) is 3.65. The van der Waals surface area contributed by atoms with Crippen LogP contribution < -0.4 is 5.32 Å². The maximum Gasteiger partial charge on any atom is 0.229 e. The Morgan fingerprint density at radius 1 is 0.900 bits per heavy atom. The molecule has 2 aromatic carbocycles. The van der Waals surface area contributed by atoms with Gasteiger partial charge in [0.25, 0.3) is 0 Å². The van der Waals surface area contributed by atoms with E-state index >= 15 is 0 Å². The highest BCUT2D eigenvalue weighted by Crippen LogP contribution is 2.28. The number of aromatic hydroxyl groups is 4. The first-order chi connectivity index (χ1) is 9.45. The Balaban J connectivity index is 2.11. The van der Waals surface area contributed by atoms with Crippen LogP contribution in [0.5, 0.6) is 23.0 Å². The lowest BCUT2D eigenvalue weighted by Gasteiger charge is -2.09. The number of carbonyl (C=O) groups is 1. The minimum atomic E-state index is -0.480. The van der Waals surface area contributed by atoms with Gasteiger partial charge in [0.1, 0.15) is 23.0 Å². The van der Waals surface area contributed by atoms with Gasteiger partial charge in [-0.15, -0.1) is 0 Å². The Labute approximate surface area is 114 Å². The molecular weight excluding hydrogens is 262 g/mol. The molecule has 0 aliphatic rings. The highest BCUT2D eigenvalue weighted by molar-refractivity contribution is 5.94. The first-order valence-electron chi connectivity index (χ1n) is 5.78. The summed E-state index contributed by atoms with van der Waals surface area (Å²) in [5.74, 6) is -1.04. The van der Waals surface area contributed by atoms with Crippen molar-refractivity contribution in [3.63, 3.8) is 0 Å². The topological polar surface area (TPSA) is 110 Å². The summed E-state index contributed by atoms with van der Waals surface area (Å²) < 4.78 is 0. The van der Waals surface area contributed by atoms with Crippen LogP contribution in [0, 0.1) is 0 Å². The summed E-state index contributed by atoms with van der Waals surface area (Å²) >= 11 is 0. The zero-order valence-electron chi connectivity index (χ0n) is 10.4. The number of amides is 1. The molecule has 0 spiro atoms. The van der Waals surface area contributed by atoms with Gasteiger partial charge in [-0.1, -0.05) is 6.07 Å². The summed E-state index contributed by atoms with van der Waals surface area (Å²) in [6.07, 6.45) is -0.138. The van der Waals surface area contributed by atoms with Crippen LogP contribution >= 0.6 is 0 Å². The smallest absolute Gasteiger partial charge is 0.229 e. The Morgan fingerprint density at radius 2 is 1.55 bits per heavy atom. The molecule has 20 heavy (non-hydrogen) atoms. The van der Waals surface area contributed by atoms with Gasteiger partial charge < -0.3 is 25.7 Å². The third kappa shape index (κ3) is 3.11. The lowest BCUT2D eigenvalue weighted by molar-refractivity contribution is -0.115. The van der Waals surface area contributed by atoms with Crippen molar-refractivity contribution in [1.29, 1.82) is 0 Å². The van der Waals surface area contributed by atoms with Gasteiger partial charge in [0.05, 0.1) is 12.1 Å². The molecule has 0 heterocycles. The third-order valence-corrected chi connectivity index (χ3v) is 2.67. The first-order valence-corrected chi connectivity index (χ1v) is 5.78. The first kappa shape index (κ1) is 13.5. The highest BCUT2D eigenvalue weighted by atomic mass is 16.3. The Morgan fingerprint density at radius 3 is 2.25 bits per heavy atom. The van der Waals surface area contributed by atoms with E-state index in [-0.39, 0.29) is 35.1 Å². The van der Waals surface area contributed by atoms with Crippen molar-refractivity contribution in [2.75, 3.05) is 5.32 Å². The number of benzene rings is 2. The van der Waals surface area contributed by atoms with Crippen LogP contribution in [0.1, 0.15) is 5.56 Å². The van der Waals surface area contributed by atoms with Gasteiger partial charge in [-0.2, -0.15) is 0 Å². The van der Waals surface area contributed by atoms with Crippen LogP contribution in [-0.4, -0.2) is 26.3 Å². The second kappa shape index (κ2) is 5.40. The lowest BCUT2D eigenvalue weighted by atomic mass is 10.1. The van der Waals surface area contributed by atoms with E-state index in [1.807, 2.05) is 0 Å². The molecule has 0 radical (unpaired) electrons. The summed E-state index contributed by atoms with van der Waals surface area (Å²) in [7, 11) is 0. The number of nitrogens with one attached hydrogen (secondary N) is 1. The van der Waals surface area contributed by atoms with E-state index in [4.69, 9.17) is 5.11 Å². The number of phenolic OH excluding ortho intramolecular Hbond substituents is 4. The molecule has 0 atom stereocenters. The van der Waals surface area contributed by atoms with Crippen molar-refractivity contribution in [3.05, 3.63) is 42.0 Å². The Bertz CT molecular complexity index is 654. The van der Waals surface area contributed by atoms with Gasteiger partial charge in [-0.3, -0.25) is 4.79 Å². The van der Waals surface area contributed by atoms with Crippen molar-refractivity contribution in [1.82, 2.24) is 0 Å². The summed E-state index contributed by atoms with van der Waals surface area (Å²) in [6.45, 7) is 0. The van der Waals surface area contributed by atoms with Crippen LogP contribution in [-0.2, 0) is 11.2 Å². The van der Waals surface area contributed by atoms with E-state index in [1.54, 1.807) is 0 Å². The molecule has 0 saturated carbocycles. The molecule has 2 aromatic rings. The third-order valence-electron chi connectivity index (χ3n) is 2.67. The van der Waals surface area contributed by atoms with Crippen molar-refractivity contribution >= 4 is 11.6 Å². The van der Waals surface area contributed by atoms with Gasteiger partial charge in [0, 0.05) is 17.7 Å². The van der Waals surface area contributed by atoms with E-state index < -0.39 is 5.91 Å². The fraction of sp³-hybridized carbons (Fsp3) is 0.0714. The largest absolute Gasteiger partial charge is 0.508 e. The van der Waals surface area contributed by atoms with E-state index in [9.17, 15) is 20.1 Å². The maximum atomic E-state index is 11.8. The fourth-order valence-corrected chi connectivity index (χ4v) is 1.69. The minimum Gasteiger partial charge on any atom is -0.508 e. The van der Waals surface area contributed by atoms with E-state index in [2.05, 4.69) is 5.32 Å². The maximum absolute atomic E-state index is 11.8. The molecule has 5 N–H and O–H groups in total. The molecule has 6 nitrogen and oxygen atoms in total. The van der Waals surface area contributed by atoms with Gasteiger partial charge in [-0.25, -0.2) is 0 Å². The number of carbonyl (C=O) groups excluding carboxylic acids is 1. The monoisotopic (exact) mass is 275 g/mol. The Hall–Kier alpha value is -2.89. The van der Waals surface area contributed by atoms with Gasteiger partial charge in [0.2, 0.25) is 5.91 Å². The highest BCUT2D eigenvalue weighted by Gasteiger charge is 2.11. The van der Waals surface area contributed by atoms with Crippen LogP contribution in [0.25, 0.3) is 0 Å². The van der Waals surface area contributed by atoms with Gasteiger partial charge in [-0.05, 0) is 18.2 Å². The molecule has 0 fully saturated rings. The fourth-order valence-electron chi connectivity index (χ4n) is 1.69. The standard InChI is InChI=1S/C14H13NO5/c16-9-3-4-12(18)11(6-9)15-14(20)5-8-1-2-10(17)7-13(8)19/h1-4,6-7,16-19H,5H2,(H,15,20). The molecule has 2 rings (SSSR count). The van der Waals surface area contributed by atoms with Crippen LogP contribution in [0.15, 0.2) is 36.4 Å². The van der Waals surface area contributed by atoms with E-state index in [0.717, 1.165) is 6.07 Å². The molecule has 0 bridgehead atoms. The summed E-state index contributed by atoms with van der Waals surface area (Å²) in [6, 6.07) is 7.67. The van der Waals surface area contributed by atoms with Crippen LogP contribution in [0.3, 0.4) is 0 Å². The second-order valence-electron chi connectivity index (χ2n) is 4.24. The predicted molar refractivity (Wildman–Crippen MR) is 71.9 cm³/mol. The van der Waals surface area contributed by atoms with E-state index in [1.165, 1.54) is 30.3 Å². The molecule has 0 aliphatic carbocycles. The van der Waals surface area contributed by atoms with Crippen LogP contribution in [0.4, 0.5) is 5.69 Å². The number of hydrogen-bond acceptors (Lipinski definition) is 5.